The average Bonchev–Trinajstić information content (AvgIpc) is 2.45. The van der Waals surface area contributed by atoms with Crippen LogP contribution >= 0.6 is 39.1 Å². The van der Waals surface area contributed by atoms with E-state index >= 15 is 0 Å². The van der Waals surface area contributed by atoms with Crippen LogP contribution < -0.4 is 5.32 Å². The molecule has 1 aromatic carbocycles. The van der Waals surface area contributed by atoms with Gasteiger partial charge < -0.3 is 5.32 Å². The van der Waals surface area contributed by atoms with Crippen LogP contribution in [-0.2, 0) is 12.8 Å². The topological polar surface area (TPSA) is 37.8 Å². The molecule has 2 aromatic rings. The van der Waals surface area contributed by atoms with Crippen LogP contribution in [0.5, 0.6) is 0 Å². The lowest BCUT2D eigenvalue weighted by Gasteiger charge is -2.12. The van der Waals surface area contributed by atoms with Crippen LogP contribution in [0.3, 0.4) is 0 Å². The highest BCUT2D eigenvalue weighted by Crippen LogP contribution is 2.27. The van der Waals surface area contributed by atoms with Gasteiger partial charge in [0.25, 0.3) is 0 Å². The fourth-order valence-corrected chi connectivity index (χ4v) is 3.05. The molecule has 112 valence electrons. The van der Waals surface area contributed by atoms with Crippen molar-refractivity contribution in [1.82, 2.24) is 9.97 Å². The van der Waals surface area contributed by atoms with Crippen molar-refractivity contribution in [1.29, 1.82) is 0 Å². The molecule has 0 saturated carbocycles. The SMILES string of the molecule is CCNc1nc(Cc2ccc(Cl)cc2Cl)nc(CC)c1Br. The highest BCUT2D eigenvalue weighted by atomic mass is 79.9. The van der Waals surface area contributed by atoms with Crippen LogP contribution in [0.25, 0.3) is 0 Å². The lowest BCUT2D eigenvalue weighted by Crippen LogP contribution is -2.08. The van der Waals surface area contributed by atoms with E-state index in [0.717, 1.165) is 40.3 Å². The maximum atomic E-state index is 6.22. The first kappa shape index (κ1) is 16.5. The standard InChI is InChI=1S/C15H16BrCl2N3/c1-3-12-14(16)15(19-4-2)21-13(20-12)7-9-5-6-10(17)8-11(9)18/h5-6,8H,3-4,7H2,1-2H3,(H,19,20,21). The van der Waals surface area contributed by atoms with Crippen LogP contribution in [0.4, 0.5) is 5.82 Å². The molecule has 2 rings (SSSR count). The van der Waals surface area contributed by atoms with Gasteiger partial charge in [-0.2, -0.15) is 0 Å². The number of halogens is 3. The van der Waals surface area contributed by atoms with Crippen molar-refractivity contribution < 1.29 is 0 Å². The van der Waals surface area contributed by atoms with E-state index in [1.807, 2.05) is 19.1 Å². The lowest BCUT2D eigenvalue weighted by molar-refractivity contribution is 0.894. The Morgan fingerprint density at radius 2 is 1.95 bits per heavy atom. The molecule has 6 heteroatoms. The maximum absolute atomic E-state index is 6.22. The molecule has 0 aliphatic carbocycles. The third-order valence-corrected chi connectivity index (χ3v) is 4.43. The van der Waals surface area contributed by atoms with E-state index in [0.29, 0.717) is 16.5 Å². The zero-order valence-electron chi connectivity index (χ0n) is 11.9. The molecule has 0 fully saturated rings. The Hall–Kier alpha value is -0.840. The Labute approximate surface area is 143 Å². The van der Waals surface area contributed by atoms with E-state index < -0.39 is 0 Å². The van der Waals surface area contributed by atoms with Crippen LogP contribution in [-0.4, -0.2) is 16.5 Å². The van der Waals surface area contributed by atoms with Crippen molar-refractivity contribution >= 4 is 44.9 Å². The summed E-state index contributed by atoms with van der Waals surface area (Å²) in [5.74, 6) is 1.57. The van der Waals surface area contributed by atoms with Gasteiger partial charge in [0.05, 0.1) is 10.2 Å². The summed E-state index contributed by atoms with van der Waals surface area (Å²) in [7, 11) is 0. The van der Waals surface area contributed by atoms with Crippen LogP contribution in [0.15, 0.2) is 22.7 Å². The number of hydrogen-bond acceptors (Lipinski definition) is 3. The average molecular weight is 389 g/mol. The van der Waals surface area contributed by atoms with E-state index in [1.54, 1.807) is 6.07 Å². The number of hydrogen-bond donors (Lipinski definition) is 1. The molecular weight excluding hydrogens is 373 g/mol. The van der Waals surface area contributed by atoms with Gasteiger partial charge in [-0.1, -0.05) is 36.2 Å². The molecule has 0 atom stereocenters. The minimum absolute atomic E-state index is 0.578. The Bertz CT molecular complexity index is 647. The summed E-state index contributed by atoms with van der Waals surface area (Å²) in [5.41, 5.74) is 1.95. The second-order valence-electron chi connectivity index (χ2n) is 4.55. The third-order valence-electron chi connectivity index (χ3n) is 3.01. The Kier molecular flexibility index (Phi) is 5.85. The fourth-order valence-electron chi connectivity index (χ4n) is 1.98. The number of nitrogens with zero attached hydrogens (tertiary/aromatic N) is 2. The number of benzene rings is 1. The third kappa shape index (κ3) is 4.09. The molecule has 0 radical (unpaired) electrons. The van der Waals surface area contributed by atoms with Crippen LogP contribution in [0.2, 0.25) is 10.0 Å². The summed E-state index contributed by atoms with van der Waals surface area (Å²) >= 11 is 15.7. The molecule has 1 heterocycles. The summed E-state index contributed by atoms with van der Waals surface area (Å²) in [5, 5.41) is 4.51. The first-order valence-corrected chi connectivity index (χ1v) is 8.33. The van der Waals surface area contributed by atoms with Crippen LogP contribution in [0.1, 0.15) is 30.9 Å². The molecule has 1 aromatic heterocycles. The van der Waals surface area contributed by atoms with Crippen molar-refractivity contribution in [2.45, 2.75) is 26.7 Å². The summed E-state index contributed by atoms with van der Waals surface area (Å²) in [6, 6.07) is 5.48. The van der Waals surface area contributed by atoms with E-state index in [4.69, 9.17) is 23.2 Å². The number of rotatable bonds is 5. The predicted octanol–water partition coefficient (Wildman–Crippen LogP) is 5.13. The largest absolute Gasteiger partial charge is 0.369 e. The number of nitrogens with one attached hydrogen (secondary N) is 1. The highest BCUT2D eigenvalue weighted by molar-refractivity contribution is 9.10. The molecule has 0 saturated heterocycles. The Balaban J connectivity index is 2.37. The quantitative estimate of drug-likeness (QED) is 0.771. The zero-order valence-corrected chi connectivity index (χ0v) is 15.0. The summed E-state index contributed by atoms with van der Waals surface area (Å²) < 4.78 is 0.929. The van der Waals surface area contributed by atoms with Crippen molar-refractivity contribution in [3.8, 4) is 0 Å². The minimum Gasteiger partial charge on any atom is -0.369 e. The molecule has 0 aliphatic rings. The van der Waals surface area contributed by atoms with Gasteiger partial charge in [-0.15, -0.1) is 0 Å². The summed E-state index contributed by atoms with van der Waals surface area (Å²) in [4.78, 5) is 9.17. The Morgan fingerprint density at radius 1 is 1.19 bits per heavy atom. The summed E-state index contributed by atoms with van der Waals surface area (Å²) in [6.45, 7) is 4.91. The van der Waals surface area contributed by atoms with Gasteiger partial charge in [-0.05, 0) is 47.0 Å². The number of aromatic nitrogens is 2. The fraction of sp³-hybridized carbons (Fsp3) is 0.333. The molecule has 0 bridgehead atoms. The first-order chi connectivity index (χ1) is 10.0. The molecule has 0 unspecified atom stereocenters. The smallest absolute Gasteiger partial charge is 0.144 e. The van der Waals surface area contributed by atoms with Gasteiger partial charge in [0.1, 0.15) is 11.6 Å². The maximum Gasteiger partial charge on any atom is 0.144 e. The van der Waals surface area contributed by atoms with Crippen molar-refractivity contribution in [2.24, 2.45) is 0 Å². The van der Waals surface area contributed by atoms with Gasteiger partial charge in [0.15, 0.2) is 0 Å². The number of aryl methyl sites for hydroxylation is 1. The van der Waals surface area contributed by atoms with Crippen molar-refractivity contribution in [3.05, 3.63) is 49.8 Å². The van der Waals surface area contributed by atoms with Crippen molar-refractivity contribution in [3.63, 3.8) is 0 Å². The van der Waals surface area contributed by atoms with Gasteiger partial charge in [-0.25, -0.2) is 9.97 Å². The second kappa shape index (κ2) is 7.43. The van der Waals surface area contributed by atoms with Gasteiger partial charge in [0, 0.05) is 23.0 Å². The second-order valence-corrected chi connectivity index (χ2v) is 6.18. The van der Waals surface area contributed by atoms with Gasteiger partial charge >= 0.3 is 0 Å². The zero-order chi connectivity index (χ0) is 15.4. The van der Waals surface area contributed by atoms with Crippen LogP contribution in [0, 0.1) is 0 Å². The summed E-state index contributed by atoms with van der Waals surface area (Å²) in [6.07, 6.45) is 1.41. The van der Waals surface area contributed by atoms with E-state index in [9.17, 15) is 0 Å². The first-order valence-electron chi connectivity index (χ1n) is 6.78. The molecule has 21 heavy (non-hydrogen) atoms. The normalized spacial score (nSPS) is 10.7. The van der Waals surface area contributed by atoms with E-state index in [2.05, 4.69) is 38.1 Å². The molecule has 0 aliphatic heterocycles. The molecule has 3 nitrogen and oxygen atoms in total. The molecular formula is C15H16BrCl2N3. The van der Waals surface area contributed by atoms with Crippen molar-refractivity contribution in [2.75, 3.05) is 11.9 Å². The number of anilines is 1. The minimum atomic E-state index is 0.578. The molecule has 0 spiro atoms. The monoisotopic (exact) mass is 387 g/mol. The lowest BCUT2D eigenvalue weighted by atomic mass is 10.1. The highest BCUT2D eigenvalue weighted by Gasteiger charge is 2.12. The molecule has 1 N–H and O–H groups in total. The molecule has 0 amide bonds. The van der Waals surface area contributed by atoms with Gasteiger partial charge in [-0.3, -0.25) is 0 Å². The predicted molar refractivity (Wildman–Crippen MR) is 92.5 cm³/mol. The Morgan fingerprint density at radius 3 is 2.57 bits per heavy atom. The van der Waals surface area contributed by atoms with E-state index in [-0.39, 0.29) is 0 Å². The van der Waals surface area contributed by atoms with E-state index in [1.165, 1.54) is 0 Å². The van der Waals surface area contributed by atoms with Gasteiger partial charge in [0.2, 0.25) is 0 Å².